The van der Waals surface area contributed by atoms with Gasteiger partial charge in [0.05, 0.1) is 10.6 Å². The zero-order valence-corrected chi connectivity index (χ0v) is 10.9. The minimum absolute atomic E-state index is 0.522. The first-order chi connectivity index (χ1) is 8.09. The molecule has 0 radical (unpaired) electrons. The third kappa shape index (κ3) is 3.33. The lowest BCUT2D eigenvalue weighted by molar-refractivity contribution is -0.000822. The number of pyridine rings is 1. The summed E-state index contributed by atoms with van der Waals surface area (Å²) in [4.78, 5) is 4.16. The van der Waals surface area contributed by atoms with E-state index in [4.69, 9.17) is 11.6 Å². The van der Waals surface area contributed by atoms with Crippen molar-refractivity contribution in [1.29, 1.82) is 0 Å². The Morgan fingerprint density at radius 2 is 2.47 bits per heavy atom. The van der Waals surface area contributed by atoms with Crippen LogP contribution in [0.15, 0.2) is 18.3 Å². The molecule has 0 aromatic carbocycles. The van der Waals surface area contributed by atoms with E-state index in [1.54, 1.807) is 18.3 Å². The molecule has 2 N–H and O–H groups in total. The van der Waals surface area contributed by atoms with Crippen molar-refractivity contribution in [2.24, 2.45) is 5.92 Å². The van der Waals surface area contributed by atoms with Crippen LogP contribution in [0.25, 0.3) is 0 Å². The maximum absolute atomic E-state index is 10.5. The van der Waals surface area contributed by atoms with E-state index < -0.39 is 5.60 Å². The van der Waals surface area contributed by atoms with Gasteiger partial charge in [0.2, 0.25) is 0 Å². The topological polar surface area (TPSA) is 45.1 Å². The van der Waals surface area contributed by atoms with Gasteiger partial charge in [-0.3, -0.25) is 0 Å². The van der Waals surface area contributed by atoms with Crippen LogP contribution < -0.4 is 5.32 Å². The van der Waals surface area contributed by atoms with Crippen molar-refractivity contribution in [2.45, 2.75) is 38.2 Å². The molecule has 4 heteroatoms. The second-order valence-corrected chi connectivity index (χ2v) is 5.52. The Morgan fingerprint density at radius 1 is 1.65 bits per heavy atom. The van der Waals surface area contributed by atoms with E-state index >= 15 is 0 Å². The quantitative estimate of drug-likeness (QED) is 0.871. The van der Waals surface area contributed by atoms with Gasteiger partial charge in [-0.05, 0) is 30.9 Å². The summed E-state index contributed by atoms with van der Waals surface area (Å²) in [5.74, 6) is 1.25. The van der Waals surface area contributed by atoms with Gasteiger partial charge in [0.15, 0.2) is 0 Å². The van der Waals surface area contributed by atoms with Crippen LogP contribution in [0.2, 0.25) is 5.02 Å². The van der Waals surface area contributed by atoms with E-state index in [-0.39, 0.29) is 0 Å². The van der Waals surface area contributed by atoms with Gasteiger partial charge in [-0.1, -0.05) is 31.4 Å². The second kappa shape index (κ2) is 5.23. The van der Waals surface area contributed by atoms with E-state index in [1.165, 1.54) is 6.42 Å². The van der Waals surface area contributed by atoms with Crippen molar-refractivity contribution in [3.63, 3.8) is 0 Å². The first kappa shape index (κ1) is 12.7. The molecule has 1 heterocycles. The summed E-state index contributed by atoms with van der Waals surface area (Å²) in [6.45, 7) is 2.71. The Bertz CT molecular complexity index is 385. The molecule has 2 atom stereocenters. The number of anilines is 1. The van der Waals surface area contributed by atoms with Crippen LogP contribution in [0.1, 0.15) is 32.6 Å². The van der Waals surface area contributed by atoms with E-state index in [0.29, 0.717) is 23.3 Å². The number of hydrogen-bond donors (Lipinski definition) is 2. The average molecular weight is 255 g/mol. The summed E-state index contributed by atoms with van der Waals surface area (Å²) in [7, 11) is 0. The van der Waals surface area contributed by atoms with Crippen LogP contribution >= 0.6 is 11.6 Å². The highest BCUT2D eigenvalue weighted by atomic mass is 35.5. The molecule has 94 valence electrons. The van der Waals surface area contributed by atoms with Gasteiger partial charge in [0.25, 0.3) is 0 Å². The number of hydrogen-bond acceptors (Lipinski definition) is 3. The highest BCUT2D eigenvalue weighted by molar-refractivity contribution is 6.32. The Labute approximate surface area is 107 Å². The highest BCUT2D eigenvalue weighted by Gasteiger charge is 2.32. The number of aliphatic hydroxyl groups is 1. The van der Waals surface area contributed by atoms with Crippen molar-refractivity contribution in [3.05, 3.63) is 23.4 Å². The molecule has 1 saturated carbocycles. The molecule has 1 aliphatic carbocycles. The van der Waals surface area contributed by atoms with Crippen LogP contribution in [0, 0.1) is 5.92 Å². The van der Waals surface area contributed by atoms with Gasteiger partial charge in [0.1, 0.15) is 5.82 Å². The van der Waals surface area contributed by atoms with Gasteiger partial charge in [-0.15, -0.1) is 0 Å². The van der Waals surface area contributed by atoms with Crippen molar-refractivity contribution >= 4 is 17.4 Å². The second-order valence-electron chi connectivity index (χ2n) is 5.11. The molecular formula is C13H19ClN2O. The van der Waals surface area contributed by atoms with E-state index in [0.717, 1.165) is 19.3 Å². The summed E-state index contributed by atoms with van der Waals surface area (Å²) < 4.78 is 0. The van der Waals surface area contributed by atoms with Gasteiger partial charge in [-0.2, -0.15) is 0 Å². The molecule has 1 aliphatic rings. The molecule has 2 rings (SSSR count). The maximum Gasteiger partial charge on any atom is 0.144 e. The molecule has 0 amide bonds. The lowest BCUT2D eigenvalue weighted by atomic mass is 9.79. The van der Waals surface area contributed by atoms with E-state index in [9.17, 15) is 5.11 Å². The number of aromatic nitrogens is 1. The molecule has 1 aromatic rings. The van der Waals surface area contributed by atoms with Gasteiger partial charge < -0.3 is 10.4 Å². The first-order valence-corrected chi connectivity index (χ1v) is 6.54. The van der Waals surface area contributed by atoms with Crippen molar-refractivity contribution in [3.8, 4) is 0 Å². The average Bonchev–Trinajstić information content (AvgIpc) is 2.28. The molecule has 3 nitrogen and oxygen atoms in total. The fourth-order valence-electron chi connectivity index (χ4n) is 2.56. The Morgan fingerprint density at radius 3 is 3.18 bits per heavy atom. The molecule has 0 bridgehead atoms. The lowest BCUT2D eigenvalue weighted by Crippen LogP contribution is -2.41. The third-order valence-electron chi connectivity index (χ3n) is 3.41. The number of nitrogens with one attached hydrogen (secondary N) is 1. The van der Waals surface area contributed by atoms with Crippen molar-refractivity contribution in [1.82, 2.24) is 4.98 Å². The van der Waals surface area contributed by atoms with Crippen LogP contribution in [-0.4, -0.2) is 22.2 Å². The van der Waals surface area contributed by atoms with E-state index in [2.05, 4.69) is 17.2 Å². The lowest BCUT2D eigenvalue weighted by Gasteiger charge is -2.35. The smallest absolute Gasteiger partial charge is 0.144 e. The minimum Gasteiger partial charge on any atom is -0.388 e. The summed E-state index contributed by atoms with van der Waals surface area (Å²) in [5, 5.41) is 14.2. The zero-order valence-electron chi connectivity index (χ0n) is 10.1. The number of rotatable bonds is 3. The summed E-state index contributed by atoms with van der Waals surface area (Å²) in [6.07, 6.45) is 5.71. The molecule has 0 saturated heterocycles. The molecule has 1 aromatic heterocycles. The molecule has 17 heavy (non-hydrogen) atoms. The largest absolute Gasteiger partial charge is 0.388 e. The predicted octanol–water partition coefficient (Wildman–Crippen LogP) is 3.09. The summed E-state index contributed by atoms with van der Waals surface area (Å²) in [5.41, 5.74) is -0.613. The van der Waals surface area contributed by atoms with Crippen LogP contribution in [-0.2, 0) is 0 Å². The molecular weight excluding hydrogens is 236 g/mol. The van der Waals surface area contributed by atoms with Crippen molar-refractivity contribution < 1.29 is 5.11 Å². The first-order valence-electron chi connectivity index (χ1n) is 6.16. The van der Waals surface area contributed by atoms with Crippen molar-refractivity contribution in [2.75, 3.05) is 11.9 Å². The highest BCUT2D eigenvalue weighted by Crippen LogP contribution is 2.32. The van der Waals surface area contributed by atoms with Crippen LogP contribution in [0.5, 0.6) is 0 Å². The number of nitrogens with zero attached hydrogens (tertiary/aromatic N) is 1. The molecule has 1 fully saturated rings. The molecule has 0 aliphatic heterocycles. The summed E-state index contributed by atoms with van der Waals surface area (Å²) in [6, 6.07) is 3.59. The molecule has 2 unspecified atom stereocenters. The van der Waals surface area contributed by atoms with Gasteiger partial charge >= 0.3 is 0 Å². The Balaban J connectivity index is 1.95. The monoisotopic (exact) mass is 254 g/mol. The molecule has 0 spiro atoms. The minimum atomic E-state index is -0.613. The van der Waals surface area contributed by atoms with Crippen LogP contribution in [0.4, 0.5) is 5.82 Å². The normalized spacial score (nSPS) is 29.0. The Hall–Kier alpha value is -0.800. The third-order valence-corrected chi connectivity index (χ3v) is 3.72. The fraction of sp³-hybridized carbons (Fsp3) is 0.615. The van der Waals surface area contributed by atoms with Crippen LogP contribution in [0.3, 0.4) is 0 Å². The summed E-state index contributed by atoms with van der Waals surface area (Å²) >= 11 is 6.01. The standard InChI is InChI=1S/C13H19ClN2O/c1-10-4-2-6-13(17,8-10)9-16-12-11(14)5-3-7-15-12/h3,5,7,10,17H,2,4,6,8-9H2,1H3,(H,15,16). The van der Waals surface area contributed by atoms with Gasteiger partial charge in [-0.25, -0.2) is 4.98 Å². The van der Waals surface area contributed by atoms with Gasteiger partial charge in [0, 0.05) is 12.7 Å². The SMILES string of the molecule is CC1CCCC(O)(CNc2ncccc2Cl)C1. The fourth-order valence-corrected chi connectivity index (χ4v) is 2.75. The number of halogens is 1. The maximum atomic E-state index is 10.5. The van der Waals surface area contributed by atoms with E-state index in [1.807, 2.05) is 0 Å². The zero-order chi connectivity index (χ0) is 12.3. The predicted molar refractivity (Wildman–Crippen MR) is 70.3 cm³/mol. The Kier molecular flexibility index (Phi) is 3.89.